The van der Waals surface area contributed by atoms with Crippen LogP contribution in [0.5, 0.6) is 5.75 Å². The van der Waals surface area contributed by atoms with Gasteiger partial charge in [-0.2, -0.15) is 6.07 Å². The van der Waals surface area contributed by atoms with Crippen LogP contribution in [0.3, 0.4) is 0 Å². The zero-order valence-corrected chi connectivity index (χ0v) is 11.7. The van der Waals surface area contributed by atoms with Crippen LogP contribution >= 0.6 is 13.6 Å². The quantitative estimate of drug-likeness (QED) is 0.603. The van der Waals surface area contributed by atoms with Gasteiger partial charge in [0, 0.05) is 11.6 Å². The third kappa shape index (κ3) is 4.14. The Morgan fingerprint density at radius 1 is 1.46 bits per heavy atom. The standard InChI is InChI=1S/C8H7F2O.BrH.Zn/c1-2-11-7-5-3-4-6(9)8(7)10;;/h4-5H,2H2,1H3;1H;/q-1;;+2/p-1. The molecule has 0 aliphatic heterocycles. The van der Waals surface area contributed by atoms with Crippen LogP contribution in [0.15, 0.2) is 12.1 Å². The molecule has 0 bridgehead atoms. The van der Waals surface area contributed by atoms with Gasteiger partial charge in [0.05, 0.1) is 12.4 Å². The molecule has 1 aromatic carbocycles. The number of benzene rings is 1. The van der Waals surface area contributed by atoms with Gasteiger partial charge in [0.15, 0.2) is 0 Å². The Hall–Kier alpha value is -0.0166. The van der Waals surface area contributed by atoms with E-state index in [4.69, 9.17) is 4.74 Å². The molecule has 0 heterocycles. The summed E-state index contributed by atoms with van der Waals surface area (Å²) in [5, 5.41) is 0. The molecule has 0 fully saturated rings. The van der Waals surface area contributed by atoms with Gasteiger partial charge in [-0.3, -0.25) is 4.39 Å². The molecule has 0 unspecified atom stereocenters. The number of halogens is 3. The average molecular weight is 302 g/mol. The first-order valence-electron chi connectivity index (χ1n) is 3.50. The summed E-state index contributed by atoms with van der Waals surface area (Å²) in [6.07, 6.45) is 0. The van der Waals surface area contributed by atoms with Gasteiger partial charge in [-0.1, -0.05) is 0 Å². The zero-order valence-electron chi connectivity index (χ0n) is 7.11. The molecule has 0 N–H and O–H groups in total. The third-order valence-electron chi connectivity index (χ3n) is 1.15. The molecule has 1 rings (SSSR count). The van der Waals surface area contributed by atoms with E-state index in [-0.39, 0.29) is 5.75 Å². The van der Waals surface area contributed by atoms with Crippen molar-refractivity contribution in [1.29, 1.82) is 0 Å². The van der Waals surface area contributed by atoms with E-state index in [0.717, 1.165) is 6.07 Å². The molecule has 1 aromatic rings. The van der Waals surface area contributed by atoms with Gasteiger partial charge in [0.2, 0.25) is 0 Å². The Morgan fingerprint density at radius 2 is 2.08 bits per heavy atom. The Kier molecular flexibility index (Phi) is 7.38. The number of hydrogen-bond donors (Lipinski definition) is 0. The molecule has 0 saturated carbocycles. The summed E-state index contributed by atoms with van der Waals surface area (Å²) in [7, 11) is 0. The molecule has 5 heteroatoms. The van der Waals surface area contributed by atoms with Crippen molar-refractivity contribution in [2.75, 3.05) is 6.61 Å². The first kappa shape index (κ1) is 13.0. The SMILES string of the molecule is CCOc1c[c-]cc(F)c1F.[Zn+][Br]. The fraction of sp³-hybridized carbons (Fsp3) is 0.250. The number of ether oxygens (including phenoxy) is 1. The second kappa shape index (κ2) is 7.39. The van der Waals surface area contributed by atoms with Gasteiger partial charge in [-0.15, -0.1) is 12.1 Å². The summed E-state index contributed by atoms with van der Waals surface area (Å²) in [4.78, 5) is 0. The average Bonchev–Trinajstić information content (AvgIpc) is 2.17. The van der Waals surface area contributed by atoms with Crippen molar-refractivity contribution in [3.05, 3.63) is 29.8 Å². The van der Waals surface area contributed by atoms with Crippen molar-refractivity contribution >= 4 is 13.6 Å². The van der Waals surface area contributed by atoms with Crippen LogP contribution in [0, 0.1) is 17.7 Å². The van der Waals surface area contributed by atoms with E-state index in [2.05, 4.69) is 19.7 Å². The van der Waals surface area contributed by atoms with E-state index in [1.54, 1.807) is 6.92 Å². The predicted octanol–water partition coefficient (Wildman–Crippen LogP) is 3.01. The summed E-state index contributed by atoms with van der Waals surface area (Å²) < 4.78 is 29.9. The molecular formula is C8H7BrF2OZn. The van der Waals surface area contributed by atoms with Crippen LogP contribution in [0.2, 0.25) is 0 Å². The molecule has 13 heavy (non-hydrogen) atoms. The van der Waals surface area contributed by atoms with E-state index in [1.165, 1.54) is 22.4 Å². The topological polar surface area (TPSA) is 9.23 Å². The summed E-state index contributed by atoms with van der Waals surface area (Å²) in [5.74, 6) is -1.98. The van der Waals surface area contributed by atoms with Crippen molar-refractivity contribution in [1.82, 2.24) is 0 Å². The van der Waals surface area contributed by atoms with Crippen molar-refractivity contribution in [3.8, 4) is 5.75 Å². The maximum absolute atomic E-state index is 12.7. The van der Waals surface area contributed by atoms with Crippen molar-refractivity contribution in [2.24, 2.45) is 0 Å². The zero-order chi connectivity index (χ0) is 10.3. The second-order valence-corrected chi connectivity index (χ2v) is 1.91. The maximum atomic E-state index is 12.7. The minimum atomic E-state index is -0.953. The first-order valence-corrected chi connectivity index (χ1v) is 10.4. The van der Waals surface area contributed by atoms with Gasteiger partial charge in [0.1, 0.15) is 0 Å². The molecule has 0 atom stereocenters. The number of rotatable bonds is 2. The Balaban J connectivity index is 0.000000671. The van der Waals surface area contributed by atoms with Crippen molar-refractivity contribution in [3.63, 3.8) is 0 Å². The molecular weight excluding hydrogens is 295 g/mol. The van der Waals surface area contributed by atoms with Gasteiger partial charge in [-0.05, 0) is 6.92 Å². The molecule has 1 nitrogen and oxygen atoms in total. The molecule has 0 aliphatic rings. The fourth-order valence-electron chi connectivity index (χ4n) is 0.695. The van der Waals surface area contributed by atoms with E-state index in [1.807, 2.05) is 0 Å². The molecule has 68 valence electrons. The molecule has 0 aliphatic carbocycles. The van der Waals surface area contributed by atoms with E-state index in [0.29, 0.717) is 6.61 Å². The van der Waals surface area contributed by atoms with Gasteiger partial charge >= 0.3 is 30.0 Å². The fourth-order valence-corrected chi connectivity index (χ4v) is 0.695. The van der Waals surface area contributed by atoms with Crippen LogP contribution in [0.25, 0.3) is 0 Å². The normalized spacial score (nSPS) is 8.77. The summed E-state index contributed by atoms with van der Waals surface area (Å²) >= 11 is 4.25. The van der Waals surface area contributed by atoms with Crippen LogP contribution in [0.4, 0.5) is 8.78 Å². The summed E-state index contributed by atoms with van der Waals surface area (Å²) in [6, 6.07) is 4.61. The van der Waals surface area contributed by atoms with Crippen molar-refractivity contribution in [2.45, 2.75) is 6.92 Å². The third-order valence-corrected chi connectivity index (χ3v) is 1.15. The molecule has 0 saturated heterocycles. The van der Waals surface area contributed by atoms with Crippen LogP contribution in [0.1, 0.15) is 6.92 Å². The van der Waals surface area contributed by atoms with E-state index < -0.39 is 11.6 Å². The number of hydrogen-bond acceptors (Lipinski definition) is 1. The van der Waals surface area contributed by atoms with E-state index >= 15 is 0 Å². The second-order valence-electron chi connectivity index (χ2n) is 1.91. The molecule has 0 aromatic heterocycles. The van der Waals surface area contributed by atoms with Crippen LogP contribution in [-0.2, 0) is 16.3 Å². The molecule has 0 spiro atoms. The Bertz CT molecular complexity index is 258. The van der Waals surface area contributed by atoms with Crippen LogP contribution < -0.4 is 4.74 Å². The summed E-state index contributed by atoms with van der Waals surface area (Å²) in [6.45, 7) is 2.01. The van der Waals surface area contributed by atoms with Gasteiger partial charge in [-0.25, -0.2) is 4.39 Å². The minimum absolute atomic E-state index is 0.0903. The van der Waals surface area contributed by atoms with E-state index in [9.17, 15) is 8.78 Å². The molecule has 0 radical (unpaired) electrons. The van der Waals surface area contributed by atoms with Crippen LogP contribution in [-0.4, -0.2) is 6.61 Å². The monoisotopic (exact) mass is 300 g/mol. The van der Waals surface area contributed by atoms with Gasteiger partial charge < -0.3 is 4.74 Å². The Morgan fingerprint density at radius 3 is 2.62 bits per heavy atom. The van der Waals surface area contributed by atoms with Gasteiger partial charge in [0.25, 0.3) is 0 Å². The Labute approximate surface area is 92.5 Å². The molecule has 0 amide bonds. The predicted molar refractivity (Wildman–Crippen MR) is 45.3 cm³/mol. The summed E-state index contributed by atoms with van der Waals surface area (Å²) in [5.41, 5.74) is 0. The first-order chi connectivity index (χ1) is 6.25. The van der Waals surface area contributed by atoms with Crippen molar-refractivity contribution < 1.29 is 29.9 Å².